The molecule has 11 heteroatoms. The minimum Gasteiger partial charge on any atom is -0.345 e. The zero-order chi connectivity index (χ0) is 17.8. The van der Waals surface area contributed by atoms with Gasteiger partial charge in [-0.25, -0.2) is 10.5 Å². The van der Waals surface area contributed by atoms with Gasteiger partial charge in [0, 0.05) is 0 Å². The third kappa shape index (κ3) is 4.88. The van der Waals surface area contributed by atoms with E-state index in [9.17, 15) is 22.8 Å². The van der Waals surface area contributed by atoms with Gasteiger partial charge in [-0.2, -0.15) is 13.2 Å². The van der Waals surface area contributed by atoms with E-state index in [1.807, 2.05) is 0 Å². The molecule has 2 amide bonds. The zero-order valence-electron chi connectivity index (χ0n) is 12.6. The van der Waals surface area contributed by atoms with Gasteiger partial charge in [-0.15, -0.1) is 11.3 Å². The highest BCUT2D eigenvalue weighted by Crippen LogP contribution is 2.37. The summed E-state index contributed by atoms with van der Waals surface area (Å²) in [5, 5.41) is 13.7. The average Bonchev–Trinajstić information content (AvgIpc) is 2.88. The SMILES string of the molecule is CNCC(=O)N[C@H](c1nc(C(F)(F)F)c(C(=O)NO)s1)C(C)C. The van der Waals surface area contributed by atoms with E-state index in [1.54, 1.807) is 20.9 Å². The van der Waals surface area contributed by atoms with Crippen LogP contribution < -0.4 is 16.1 Å². The van der Waals surface area contributed by atoms with Crippen LogP contribution in [-0.2, 0) is 11.0 Å². The fourth-order valence-corrected chi connectivity index (χ4v) is 2.97. The molecule has 1 aromatic heterocycles. The Bertz CT molecular complexity index is 574. The molecule has 1 atom stereocenters. The number of nitrogens with one attached hydrogen (secondary N) is 3. The van der Waals surface area contributed by atoms with Crippen molar-refractivity contribution in [3.8, 4) is 0 Å². The number of nitrogens with zero attached hydrogens (tertiary/aromatic N) is 1. The number of halogens is 3. The van der Waals surface area contributed by atoms with Gasteiger partial charge < -0.3 is 10.6 Å². The normalized spacial score (nSPS) is 13.0. The second kappa shape index (κ2) is 7.70. The maximum atomic E-state index is 13.0. The van der Waals surface area contributed by atoms with E-state index in [-0.39, 0.29) is 17.5 Å². The molecule has 0 bridgehead atoms. The van der Waals surface area contributed by atoms with E-state index < -0.39 is 34.6 Å². The Morgan fingerprint density at radius 3 is 2.39 bits per heavy atom. The first-order valence-electron chi connectivity index (χ1n) is 6.58. The quantitative estimate of drug-likeness (QED) is 0.456. The van der Waals surface area contributed by atoms with E-state index in [2.05, 4.69) is 15.6 Å². The monoisotopic (exact) mass is 354 g/mol. The van der Waals surface area contributed by atoms with Crippen LogP contribution >= 0.6 is 11.3 Å². The van der Waals surface area contributed by atoms with Gasteiger partial charge in [0.15, 0.2) is 5.69 Å². The molecule has 0 spiro atoms. The van der Waals surface area contributed by atoms with Gasteiger partial charge in [-0.3, -0.25) is 14.8 Å². The second-order valence-electron chi connectivity index (χ2n) is 4.99. The second-order valence-corrected chi connectivity index (χ2v) is 6.02. The topological polar surface area (TPSA) is 103 Å². The summed E-state index contributed by atoms with van der Waals surface area (Å²) >= 11 is 0.477. The van der Waals surface area contributed by atoms with Crippen LogP contribution in [0.1, 0.15) is 40.3 Å². The molecular weight excluding hydrogens is 337 g/mol. The molecular formula is C12H17F3N4O3S. The Hall–Kier alpha value is -1.72. The standard InChI is InChI=1S/C12H17F3N4O3S/c1-5(2)7(17-6(20)4-16-3)11-18-9(12(13,14)15)8(23-11)10(21)19-22/h5,7,16,22H,4H2,1-3H3,(H,17,20)(H,19,21)/t7-/m0/s1. The van der Waals surface area contributed by atoms with Crippen molar-refractivity contribution in [1.82, 2.24) is 21.1 Å². The molecule has 0 saturated heterocycles. The largest absolute Gasteiger partial charge is 0.435 e. The molecule has 7 nitrogen and oxygen atoms in total. The molecule has 0 radical (unpaired) electrons. The molecule has 23 heavy (non-hydrogen) atoms. The summed E-state index contributed by atoms with van der Waals surface area (Å²) in [5.41, 5.74) is -0.221. The summed E-state index contributed by atoms with van der Waals surface area (Å²) in [5.74, 6) is -1.97. The number of hydrogen-bond acceptors (Lipinski definition) is 6. The first kappa shape index (κ1) is 19.3. The van der Waals surface area contributed by atoms with Crippen LogP contribution in [0, 0.1) is 5.92 Å². The lowest BCUT2D eigenvalue weighted by Crippen LogP contribution is -2.37. The predicted molar refractivity (Wildman–Crippen MR) is 76.0 cm³/mol. The smallest absolute Gasteiger partial charge is 0.345 e. The van der Waals surface area contributed by atoms with Crippen molar-refractivity contribution in [3.05, 3.63) is 15.6 Å². The lowest BCUT2D eigenvalue weighted by molar-refractivity contribution is -0.141. The van der Waals surface area contributed by atoms with Crippen LogP contribution in [-0.4, -0.2) is 35.6 Å². The van der Waals surface area contributed by atoms with Crippen molar-refractivity contribution < 1.29 is 28.0 Å². The molecule has 1 heterocycles. The number of hydrogen-bond donors (Lipinski definition) is 4. The van der Waals surface area contributed by atoms with E-state index in [4.69, 9.17) is 5.21 Å². The number of rotatable bonds is 6. The summed E-state index contributed by atoms with van der Waals surface area (Å²) in [6, 6.07) is -0.790. The third-order valence-corrected chi connectivity index (χ3v) is 3.94. The van der Waals surface area contributed by atoms with Gasteiger partial charge in [0.05, 0.1) is 12.6 Å². The van der Waals surface area contributed by atoms with Gasteiger partial charge in [-0.1, -0.05) is 13.8 Å². The van der Waals surface area contributed by atoms with Crippen molar-refractivity contribution in [3.63, 3.8) is 0 Å². The van der Waals surface area contributed by atoms with Crippen molar-refractivity contribution in [2.45, 2.75) is 26.1 Å². The predicted octanol–water partition coefficient (Wildman–Crippen LogP) is 1.31. The Morgan fingerprint density at radius 2 is 1.96 bits per heavy atom. The highest BCUT2D eigenvalue weighted by molar-refractivity contribution is 7.13. The highest BCUT2D eigenvalue weighted by Gasteiger charge is 2.40. The minimum absolute atomic E-state index is 0.00922. The molecule has 0 aliphatic rings. The van der Waals surface area contributed by atoms with E-state index in [1.165, 1.54) is 5.48 Å². The molecule has 0 aromatic carbocycles. The Labute approximate surface area is 134 Å². The molecule has 0 aliphatic carbocycles. The van der Waals surface area contributed by atoms with Gasteiger partial charge in [-0.05, 0) is 13.0 Å². The number of thiazole rings is 1. The fraction of sp³-hybridized carbons (Fsp3) is 0.583. The third-order valence-electron chi connectivity index (χ3n) is 2.81. The summed E-state index contributed by atoms with van der Waals surface area (Å²) in [7, 11) is 1.55. The molecule has 0 aliphatic heterocycles. The zero-order valence-corrected chi connectivity index (χ0v) is 13.4. The lowest BCUT2D eigenvalue weighted by Gasteiger charge is -2.20. The molecule has 4 N–H and O–H groups in total. The summed E-state index contributed by atoms with van der Waals surface area (Å²) in [6.07, 6.45) is -4.85. The molecule has 0 unspecified atom stereocenters. The van der Waals surface area contributed by atoms with E-state index in [0.717, 1.165) is 0 Å². The number of hydroxylamine groups is 1. The Kier molecular flexibility index (Phi) is 6.47. The van der Waals surface area contributed by atoms with Crippen LogP contribution in [0.4, 0.5) is 13.2 Å². The number of amides is 2. The van der Waals surface area contributed by atoms with Crippen LogP contribution in [0.15, 0.2) is 0 Å². The lowest BCUT2D eigenvalue weighted by atomic mass is 10.1. The number of aromatic nitrogens is 1. The van der Waals surface area contributed by atoms with E-state index >= 15 is 0 Å². The molecule has 0 fully saturated rings. The van der Waals surface area contributed by atoms with Crippen molar-refractivity contribution in [2.75, 3.05) is 13.6 Å². The molecule has 1 rings (SSSR count). The number of carbonyl (C=O) groups is 2. The van der Waals surface area contributed by atoms with Crippen LogP contribution in [0.2, 0.25) is 0 Å². The van der Waals surface area contributed by atoms with Crippen molar-refractivity contribution >= 4 is 23.2 Å². The van der Waals surface area contributed by atoms with Crippen LogP contribution in [0.5, 0.6) is 0 Å². The van der Waals surface area contributed by atoms with Crippen LogP contribution in [0.25, 0.3) is 0 Å². The highest BCUT2D eigenvalue weighted by atomic mass is 32.1. The maximum Gasteiger partial charge on any atom is 0.435 e. The van der Waals surface area contributed by atoms with Crippen molar-refractivity contribution in [2.24, 2.45) is 5.92 Å². The number of carbonyl (C=O) groups excluding carboxylic acids is 2. The summed E-state index contributed by atoms with van der Waals surface area (Å²) in [6.45, 7) is 3.39. The Balaban J connectivity index is 3.25. The summed E-state index contributed by atoms with van der Waals surface area (Å²) < 4.78 is 39.0. The fourth-order valence-electron chi connectivity index (χ4n) is 1.77. The number of likely N-dealkylation sites (N-methyl/N-ethyl adjacent to an activating group) is 1. The van der Waals surface area contributed by atoms with Gasteiger partial charge in [0.25, 0.3) is 5.91 Å². The Morgan fingerprint density at radius 1 is 1.35 bits per heavy atom. The molecule has 0 saturated carbocycles. The average molecular weight is 354 g/mol. The van der Waals surface area contributed by atoms with E-state index in [0.29, 0.717) is 11.3 Å². The van der Waals surface area contributed by atoms with Gasteiger partial charge >= 0.3 is 6.18 Å². The maximum absolute atomic E-state index is 13.0. The first-order valence-corrected chi connectivity index (χ1v) is 7.39. The first-order chi connectivity index (χ1) is 10.6. The van der Waals surface area contributed by atoms with Gasteiger partial charge in [0.1, 0.15) is 9.88 Å². The van der Waals surface area contributed by atoms with Crippen LogP contribution in [0.3, 0.4) is 0 Å². The molecule has 130 valence electrons. The van der Waals surface area contributed by atoms with Gasteiger partial charge in [0.2, 0.25) is 5.91 Å². The number of alkyl halides is 3. The van der Waals surface area contributed by atoms with Crippen molar-refractivity contribution in [1.29, 1.82) is 0 Å². The molecule has 1 aromatic rings. The summed E-state index contributed by atoms with van der Waals surface area (Å²) in [4.78, 5) is 25.8. The minimum atomic E-state index is -4.85.